The van der Waals surface area contributed by atoms with Crippen molar-refractivity contribution in [1.29, 1.82) is 0 Å². The summed E-state index contributed by atoms with van der Waals surface area (Å²) in [6.07, 6.45) is 1.38. The topological polar surface area (TPSA) is 58.6 Å². The largest absolute Gasteiger partial charge is 0.465 e. The van der Waals surface area contributed by atoms with Crippen molar-refractivity contribution in [1.82, 2.24) is 5.32 Å². The highest BCUT2D eigenvalue weighted by molar-refractivity contribution is 5.75. The van der Waals surface area contributed by atoms with E-state index in [4.69, 9.17) is 9.84 Å². The maximum absolute atomic E-state index is 11.2. The molecule has 0 bridgehead atoms. The van der Waals surface area contributed by atoms with Crippen LogP contribution in [-0.2, 0) is 9.53 Å². The van der Waals surface area contributed by atoms with Gasteiger partial charge in [0.15, 0.2) is 0 Å². The van der Waals surface area contributed by atoms with E-state index in [1.165, 1.54) is 0 Å². The van der Waals surface area contributed by atoms with Gasteiger partial charge in [0.05, 0.1) is 6.61 Å². The predicted octanol–water partition coefficient (Wildman–Crippen LogP) is 0.300. The lowest BCUT2D eigenvalue weighted by atomic mass is 10.2. The van der Waals surface area contributed by atoms with E-state index >= 15 is 0 Å². The van der Waals surface area contributed by atoms with Gasteiger partial charge in [0.1, 0.15) is 6.04 Å². The van der Waals surface area contributed by atoms with Crippen molar-refractivity contribution in [3.63, 3.8) is 0 Å². The standard InChI is InChI=1S/C9H19NO3/c1-3-6-10-8(5-7-11)9(12)13-4-2/h8,10-11H,3-7H2,1-2H3/t8-/m0/s1. The van der Waals surface area contributed by atoms with Gasteiger partial charge >= 0.3 is 5.97 Å². The molecule has 2 N–H and O–H groups in total. The first kappa shape index (κ1) is 12.4. The minimum atomic E-state index is -0.357. The van der Waals surface area contributed by atoms with Gasteiger partial charge in [0, 0.05) is 6.61 Å². The van der Waals surface area contributed by atoms with Crippen LogP contribution < -0.4 is 5.32 Å². The fourth-order valence-electron chi connectivity index (χ4n) is 0.994. The zero-order valence-corrected chi connectivity index (χ0v) is 8.38. The van der Waals surface area contributed by atoms with Crippen molar-refractivity contribution in [2.75, 3.05) is 19.8 Å². The van der Waals surface area contributed by atoms with E-state index in [0.29, 0.717) is 13.0 Å². The second kappa shape index (κ2) is 8.01. The van der Waals surface area contributed by atoms with E-state index in [0.717, 1.165) is 13.0 Å². The summed E-state index contributed by atoms with van der Waals surface area (Å²) in [5.41, 5.74) is 0. The van der Waals surface area contributed by atoms with Crippen LogP contribution in [0.15, 0.2) is 0 Å². The molecule has 1 atom stereocenters. The van der Waals surface area contributed by atoms with Gasteiger partial charge in [-0.05, 0) is 26.3 Å². The number of carbonyl (C=O) groups is 1. The number of aliphatic hydroxyl groups excluding tert-OH is 1. The maximum Gasteiger partial charge on any atom is 0.323 e. The summed E-state index contributed by atoms with van der Waals surface area (Å²) in [5, 5.41) is 11.7. The smallest absolute Gasteiger partial charge is 0.323 e. The number of ether oxygens (including phenoxy) is 1. The molecule has 0 aliphatic carbocycles. The molecule has 0 aromatic carbocycles. The van der Waals surface area contributed by atoms with Gasteiger partial charge in [0.2, 0.25) is 0 Å². The zero-order valence-electron chi connectivity index (χ0n) is 8.38. The van der Waals surface area contributed by atoms with E-state index in [9.17, 15) is 4.79 Å². The highest BCUT2D eigenvalue weighted by Gasteiger charge is 2.17. The minimum Gasteiger partial charge on any atom is -0.465 e. The maximum atomic E-state index is 11.2. The molecular formula is C9H19NO3. The molecule has 0 radical (unpaired) electrons. The van der Waals surface area contributed by atoms with E-state index < -0.39 is 0 Å². The Hall–Kier alpha value is -0.610. The van der Waals surface area contributed by atoms with Crippen LogP contribution >= 0.6 is 0 Å². The molecule has 0 heterocycles. The second-order valence-corrected chi connectivity index (χ2v) is 2.77. The molecule has 0 amide bonds. The molecule has 0 aliphatic heterocycles. The van der Waals surface area contributed by atoms with Crippen molar-refractivity contribution < 1.29 is 14.6 Å². The summed E-state index contributed by atoms with van der Waals surface area (Å²) in [6, 6.07) is -0.357. The summed E-state index contributed by atoms with van der Waals surface area (Å²) in [6.45, 7) is 4.94. The van der Waals surface area contributed by atoms with Gasteiger partial charge < -0.3 is 15.2 Å². The summed E-state index contributed by atoms with van der Waals surface area (Å²) >= 11 is 0. The van der Waals surface area contributed by atoms with Crippen LogP contribution in [0.5, 0.6) is 0 Å². The highest BCUT2D eigenvalue weighted by atomic mass is 16.5. The third-order valence-corrected chi connectivity index (χ3v) is 1.63. The third-order valence-electron chi connectivity index (χ3n) is 1.63. The molecule has 0 fully saturated rings. The monoisotopic (exact) mass is 189 g/mol. The lowest BCUT2D eigenvalue weighted by molar-refractivity contribution is -0.146. The average molecular weight is 189 g/mol. The van der Waals surface area contributed by atoms with E-state index in [-0.39, 0.29) is 18.6 Å². The SMILES string of the molecule is CCCN[C@@H](CCO)C(=O)OCC. The van der Waals surface area contributed by atoms with Crippen LogP contribution in [0.1, 0.15) is 26.7 Å². The summed E-state index contributed by atoms with van der Waals surface area (Å²) in [7, 11) is 0. The number of aliphatic hydroxyl groups is 1. The molecular weight excluding hydrogens is 170 g/mol. The molecule has 0 aliphatic rings. The lowest BCUT2D eigenvalue weighted by Crippen LogP contribution is -2.39. The molecule has 0 unspecified atom stereocenters. The quantitative estimate of drug-likeness (QED) is 0.565. The number of hydrogen-bond acceptors (Lipinski definition) is 4. The van der Waals surface area contributed by atoms with Gasteiger partial charge in [-0.1, -0.05) is 6.92 Å². The van der Waals surface area contributed by atoms with Gasteiger partial charge in [-0.2, -0.15) is 0 Å². The Morgan fingerprint density at radius 3 is 2.69 bits per heavy atom. The van der Waals surface area contributed by atoms with Crippen molar-refractivity contribution >= 4 is 5.97 Å². The van der Waals surface area contributed by atoms with Crippen LogP contribution in [0.25, 0.3) is 0 Å². The van der Waals surface area contributed by atoms with Crippen LogP contribution in [0, 0.1) is 0 Å². The normalized spacial score (nSPS) is 12.5. The Morgan fingerprint density at radius 1 is 1.54 bits per heavy atom. The Bertz CT molecular complexity index is 139. The van der Waals surface area contributed by atoms with Gasteiger partial charge in [-0.15, -0.1) is 0 Å². The molecule has 4 heteroatoms. The number of rotatable bonds is 7. The summed E-state index contributed by atoms with van der Waals surface area (Å²) < 4.78 is 4.84. The first-order valence-corrected chi connectivity index (χ1v) is 4.77. The third kappa shape index (κ3) is 5.60. The van der Waals surface area contributed by atoms with Crippen molar-refractivity contribution in [2.45, 2.75) is 32.7 Å². The first-order chi connectivity index (χ1) is 6.26. The van der Waals surface area contributed by atoms with Crippen molar-refractivity contribution in [3.05, 3.63) is 0 Å². The number of nitrogens with one attached hydrogen (secondary N) is 1. The van der Waals surface area contributed by atoms with Gasteiger partial charge in [0.25, 0.3) is 0 Å². The van der Waals surface area contributed by atoms with E-state index in [1.54, 1.807) is 6.92 Å². The molecule has 0 aromatic heterocycles. The van der Waals surface area contributed by atoms with Crippen molar-refractivity contribution in [2.24, 2.45) is 0 Å². The molecule has 13 heavy (non-hydrogen) atoms. The van der Waals surface area contributed by atoms with Crippen LogP contribution in [0.4, 0.5) is 0 Å². The Morgan fingerprint density at radius 2 is 2.23 bits per heavy atom. The number of hydrogen-bond donors (Lipinski definition) is 2. The van der Waals surface area contributed by atoms with Crippen molar-refractivity contribution in [3.8, 4) is 0 Å². The Kier molecular flexibility index (Phi) is 7.63. The van der Waals surface area contributed by atoms with Gasteiger partial charge in [-0.3, -0.25) is 4.79 Å². The van der Waals surface area contributed by atoms with Crippen LogP contribution in [0.3, 0.4) is 0 Å². The van der Waals surface area contributed by atoms with Crippen LogP contribution in [-0.4, -0.2) is 36.9 Å². The minimum absolute atomic E-state index is 0.000194. The Balaban J connectivity index is 3.83. The average Bonchev–Trinajstić information content (AvgIpc) is 2.12. The second-order valence-electron chi connectivity index (χ2n) is 2.77. The fraction of sp³-hybridized carbons (Fsp3) is 0.889. The fourth-order valence-corrected chi connectivity index (χ4v) is 0.994. The summed E-state index contributed by atoms with van der Waals surface area (Å²) in [4.78, 5) is 11.2. The molecule has 78 valence electrons. The lowest BCUT2D eigenvalue weighted by Gasteiger charge is -2.15. The number of esters is 1. The molecule has 0 aromatic rings. The molecule has 4 nitrogen and oxygen atoms in total. The zero-order chi connectivity index (χ0) is 10.1. The Labute approximate surface area is 79.3 Å². The predicted molar refractivity (Wildman–Crippen MR) is 50.4 cm³/mol. The van der Waals surface area contributed by atoms with Gasteiger partial charge in [-0.25, -0.2) is 0 Å². The number of carbonyl (C=O) groups excluding carboxylic acids is 1. The molecule has 0 spiro atoms. The molecule has 0 saturated carbocycles. The molecule has 0 rings (SSSR count). The first-order valence-electron chi connectivity index (χ1n) is 4.77. The highest BCUT2D eigenvalue weighted by Crippen LogP contribution is 1.95. The van der Waals surface area contributed by atoms with Crippen LogP contribution in [0.2, 0.25) is 0 Å². The van der Waals surface area contributed by atoms with E-state index in [2.05, 4.69) is 5.32 Å². The molecule has 0 saturated heterocycles. The summed E-state index contributed by atoms with van der Waals surface area (Å²) in [5.74, 6) is -0.273. The van der Waals surface area contributed by atoms with E-state index in [1.807, 2.05) is 6.92 Å².